The highest BCUT2D eigenvalue weighted by molar-refractivity contribution is 7.86. The van der Waals surface area contributed by atoms with E-state index < -0.39 is 10.2 Å². The van der Waals surface area contributed by atoms with Gasteiger partial charge in [0.05, 0.1) is 12.2 Å². The van der Waals surface area contributed by atoms with Gasteiger partial charge in [-0.05, 0) is 45.7 Å². The average Bonchev–Trinajstić information content (AvgIpc) is 2.44. The number of nitrogens with zero attached hydrogens (tertiary/aromatic N) is 2. The van der Waals surface area contributed by atoms with Crippen molar-refractivity contribution in [3.8, 4) is 0 Å². The molecule has 2 fully saturated rings. The molecule has 0 bridgehead atoms. The SMILES string of the molecule is CCNCC1CCN(S(=O)(=O)N2CC(C)OC(C)C2)CC1. The minimum absolute atomic E-state index is 0.0326. The van der Waals surface area contributed by atoms with Crippen LogP contribution < -0.4 is 5.32 Å². The van der Waals surface area contributed by atoms with Crippen LogP contribution in [-0.4, -0.2) is 68.5 Å². The molecular formula is C14H29N3O3S. The maximum Gasteiger partial charge on any atom is 0.282 e. The first-order valence-electron chi connectivity index (χ1n) is 8.04. The molecule has 0 amide bonds. The van der Waals surface area contributed by atoms with E-state index in [4.69, 9.17) is 4.74 Å². The minimum Gasteiger partial charge on any atom is -0.373 e. The molecule has 0 aromatic carbocycles. The molecule has 2 aliphatic heterocycles. The fraction of sp³-hybridized carbons (Fsp3) is 1.00. The Morgan fingerprint density at radius 3 is 2.19 bits per heavy atom. The van der Waals surface area contributed by atoms with Gasteiger partial charge in [-0.15, -0.1) is 0 Å². The summed E-state index contributed by atoms with van der Waals surface area (Å²) in [6.07, 6.45) is 1.83. The number of piperidine rings is 1. The van der Waals surface area contributed by atoms with Crippen LogP contribution in [0, 0.1) is 5.92 Å². The lowest BCUT2D eigenvalue weighted by Gasteiger charge is -2.39. The summed E-state index contributed by atoms with van der Waals surface area (Å²) in [4.78, 5) is 0. The fourth-order valence-corrected chi connectivity index (χ4v) is 4.97. The molecular weight excluding hydrogens is 290 g/mol. The molecule has 1 N–H and O–H groups in total. The lowest BCUT2D eigenvalue weighted by Crippen LogP contribution is -2.54. The van der Waals surface area contributed by atoms with Gasteiger partial charge in [0.15, 0.2) is 0 Å². The smallest absolute Gasteiger partial charge is 0.282 e. The van der Waals surface area contributed by atoms with Gasteiger partial charge in [-0.2, -0.15) is 17.0 Å². The van der Waals surface area contributed by atoms with E-state index in [1.165, 1.54) is 0 Å². The van der Waals surface area contributed by atoms with Crippen molar-refractivity contribution in [3.05, 3.63) is 0 Å². The summed E-state index contributed by atoms with van der Waals surface area (Å²) in [7, 11) is -3.33. The second kappa shape index (κ2) is 7.37. The quantitative estimate of drug-likeness (QED) is 0.809. The summed E-state index contributed by atoms with van der Waals surface area (Å²) in [5, 5.41) is 3.35. The molecule has 2 rings (SSSR count). The highest BCUT2D eigenvalue weighted by atomic mass is 32.2. The number of morpholine rings is 1. The molecule has 0 radical (unpaired) electrons. The molecule has 7 heteroatoms. The van der Waals surface area contributed by atoms with Gasteiger partial charge in [0, 0.05) is 26.2 Å². The Labute approximate surface area is 129 Å². The number of nitrogens with one attached hydrogen (secondary N) is 1. The molecule has 0 aromatic rings. The largest absolute Gasteiger partial charge is 0.373 e. The summed E-state index contributed by atoms with van der Waals surface area (Å²) >= 11 is 0. The molecule has 0 aromatic heterocycles. The Bertz CT molecular complexity index is 411. The topological polar surface area (TPSA) is 61.9 Å². The second-order valence-electron chi connectivity index (χ2n) is 6.23. The first-order valence-corrected chi connectivity index (χ1v) is 9.44. The van der Waals surface area contributed by atoms with E-state index >= 15 is 0 Å². The highest BCUT2D eigenvalue weighted by Gasteiger charge is 2.36. The van der Waals surface area contributed by atoms with Crippen molar-refractivity contribution in [2.75, 3.05) is 39.3 Å². The molecule has 0 spiro atoms. The monoisotopic (exact) mass is 319 g/mol. The number of rotatable bonds is 5. The summed E-state index contributed by atoms with van der Waals surface area (Å²) < 4.78 is 34.3. The van der Waals surface area contributed by atoms with Crippen molar-refractivity contribution >= 4 is 10.2 Å². The van der Waals surface area contributed by atoms with Gasteiger partial charge in [0.1, 0.15) is 0 Å². The van der Waals surface area contributed by atoms with Crippen LogP contribution in [0.5, 0.6) is 0 Å². The van der Waals surface area contributed by atoms with E-state index in [-0.39, 0.29) is 12.2 Å². The third kappa shape index (κ3) is 4.39. The van der Waals surface area contributed by atoms with Gasteiger partial charge in [0.2, 0.25) is 0 Å². The van der Waals surface area contributed by atoms with Crippen LogP contribution in [0.25, 0.3) is 0 Å². The Balaban J connectivity index is 1.92. The van der Waals surface area contributed by atoms with Crippen molar-refractivity contribution in [1.82, 2.24) is 13.9 Å². The average molecular weight is 319 g/mol. The summed E-state index contributed by atoms with van der Waals surface area (Å²) in [5.41, 5.74) is 0. The second-order valence-corrected chi connectivity index (χ2v) is 8.16. The lowest BCUT2D eigenvalue weighted by atomic mass is 9.98. The highest BCUT2D eigenvalue weighted by Crippen LogP contribution is 2.23. The van der Waals surface area contributed by atoms with Crippen molar-refractivity contribution < 1.29 is 13.2 Å². The Kier molecular flexibility index (Phi) is 6.02. The number of hydrogen-bond acceptors (Lipinski definition) is 4. The maximum atomic E-state index is 12.7. The van der Waals surface area contributed by atoms with Crippen LogP contribution in [0.3, 0.4) is 0 Å². The molecule has 2 aliphatic rings. The molecule has 124 valence electrons. The van der Waals surface area contributed by atoms with E-state index in [0.717, 1.165) is 25.9 Å². The first-order chi connectivity index (χ1) is 9.93. The zero-order valence-corrected chi connectivity index (χ0v) is 14.2. The van der Waals surface area contributed by atoms with E-state index in [2.05, 4.69) is 12.2 Å². The van der Waals surface area contributed by atoms with E-state index in [1.54, 1.807) is 8.61 Å². The van der Waals surface area contributed by atoms with Gasteiger partial charge >= 0.3 is 0 Å². The van der Waals surface area contributed by atoms with E-state index in [9.17, 15) is 8.42 Å². The maximum absolute atomic E-state index is 12.7. The molecule has 21 heavy (non-hydrogen) atoms. The normalized spacial score (nSPS) is 30.6. The minimum atomic E-state index is -3.33. The first kappa shape index (κ1) is 17.1. The van der Waals surface area contributed by atoms with Gasteiger partial charge in [-0.1, -0.05) is 6.92 Å². The third-order valence-electron chi connectivity index (χ3n) is 4.30. The molecule has 2 saturated heterocycles. The van der Waals surface area contributed by atoms with Crippen LogP contribution in [0.15, 0.2) is 0 Å². The zero-order valence-electron chi connectivity index (χ0n) is 13.4. The van der Waals surface area contributed by atoms with Crippen molar-refractivity contribution in [2.24, 2.45) is 5.92 Å². The summed E-state index contributed by atoms with van der Waals surface area (Å²) in [6.45, 7) is 10.1. The van der Waals surface area contributed by atoms with Crippen LogP contribution in [0.2, 0.25) is 0 Å². The lowest BCUT2D eigenvalue weighted by molar-refractivity contribution is -0.0456. The fourth-order valence-electron chi connectivity index (χ4n) is 3.17. The van der Waals surface area contributed by atoms with Crippen LogP contribution in [0.1, 0.15) is 33.6 Å². The molecule has 2 unspecified atom stereocenters. The van der Waals surface area contributed by atoms with E-state index in [0.29, 0.717) is 32.1 Å². The molecule has 2 atom stereocenters. The van der Waals surface area contributed by atoms with Crippen LogP contribution >= 0.6 is 0 Å². The van der Waals surface area contributed by atoms with E-state index in [1.807, 2.05) is 13.8 Å². The summed E-state index contributed by atoms with van der Waals surface area (Å²) in [6, 6.07) is 0. The number of ether oxygens (including phenoxy) is 1. The van der Waals surface area contributed by atoms with Gasteiger partial charge < -0.3 is 10.1 Å². The van der Waals surface area contributed by atoms with Crippen molar-refractivity contribution in [3.63, 3.8) is 0 Å². The Hall–Kier alpha value is -0.210. The van der Waals surface area contributed by atoms with Gasteiger partial charge in [-0.25, -0.2) is 0 Å². The molecule has 2 heterocycles. The Morgan fingerprint density at radius 1 is 1.10 bits per heavy atom. The molecule has 0 aliphatic carbocycles. The van der Waals surface area contributed by atoms with Gasteiger partial charge in [0.25, 0.3) is 10.2 Å². The predicted molar refractivity (Wildman–Crippen MR) is 83.3 cm³/mol. The summed E-state index contributed by atoms with van der Waals surface area (Å²) in [5.74, 6) is 0.596. The standard InChI is InChI=1S/C14H29N3O3S/c1-4-15-9-14-5-7-16(8-6-14)21(18,19)17-10-12(2)20-13(3)11-17/h12-15H,4-11H2,1-3H3. The van der Waals surface area contributed by atoms with Crippen molar-refractivity contribution in [2.45, 2.75) is 45.8 Å². The molecule has 0 saturated carbocycles. The molecule has 6 nitrogen and oxygen atoms in total. The predicted octanol–water partition coefficient (Wildman–Crippen LogP) is 0.662. The van der Waals surface area contributed by atoms with Gasteiger partial charge in [-0.3, -0.25) is 0 Å². The van der Waals surface area contributed by atoms with Crippen molar-refractivity contribution in [1.29, 1.82) is 0 Å². The van der Waals surface area contributed by atoms with Crippen LogP contribution in [-0.2, 0) is 14.9 Å². The third-order valence-corrected chi connectivity index (χ3v) is 6.26. The van der Waals surface area contributed by atoms with Crippen LogP contribution in [0.4, 0.5) is 0 Å². The zero-order chi connectivity index (χ0) is 15.5. The number of hydrogen-bond donors (Lipinski definition) is 1. The Morgan fingerprint density at radius 2 is 1.67 bits per heavy atom.